The van der Waals surface area contributed by atoms with Crippen LogP contribution in [-0.2, 0) is 35.2 Å². The molecule has 1 aromatic heterocycles. The van der Waals surface area contributed by atoms with Gasteiger partial charge in [0.2, 0.25) is 17.7 Å². The van der Waals surface area contributed by atoms with Crippen LogP contribution in [0.4, 0.5) is 20.2 Å². The van der Waals surface area contributed by atoms with E-state index in [9.17, 15) is 33.9 Å². The second-order valence-electron chi connectivity index (χ2n) is 17.9. The number of nitrogens with zero attached hydrogens (tertiary/aromatic N) is 5. The largest absolute Gasteiger partial charge is 0.491 e. The Bertz CT molecular complexity index is 2530. The molecule has 0 saturated carbocycles. The number of aliphatic hydroxyl groups excluding tert-OH is 1. The number of aliphatic hydroxyl groups is 1. The number of benzene rings is 3. The quantitative estimate of drug-likeness (QED) is 0.0645. The van der Waals surface area contributed by atoms with Crippen LogP contribution in [0, 0.1) is 28.4 Å². The zero-order chi connectivity index (χ0) is 49.3. The number of hydrogen-bond acceptors (Lipinski definition) is 12. The summed E-state index contributed by atoms with van der Waals surface area (Å²) >= 11 is 11.9. The highest BCUT2D eigenvalue weighted by molar-refractivity contribution is 7.81. The number of carbonyl (C=O) groups excluding carboxylic acids is 4. The van der Waals surface area contributed by atoms with Crippen LogP contribution in [0.3, 0.4) is 0 Å². The van der Waals surface area contributed by atoms with Gasteiger partial charge in [0.05, 0.1) is 40.7 Å². The molecule has 0 spiro atoms. The molecule has 6 rings (SSSR count). The van der Waals surface area contributed by atoms with Gasteiger partial charge in [-0.2, -0.15) is 5.26 Å². The lowest BCUT2D eigenvalue weighted by Gasteiger charge is -2.35. The van der Waals surface area contributed by atoms with Crippen molar-refractivity contribution >= 4 is 63.9 Å². The van der Waals surface area contributed by atoms with Crippen molar-refractivity contribution in [3.8, 4) is 23.1 Å². The van der Waals surface area contributed by atoms with Crippen LogP contribution in [0.5, 0.6) is 5.75 Å². The fourth-order valence-corrected chi connectivity index (χ4v) is 8.54. The lowest BCUT2D eigenvalue weighted by Crippen LogP contribution is -2.58. The van der Waals surface area contributed by atoms with Gasteiger partial charge in [0.25, 0.3) is 5.91 Å². The standard InChI is InChI=1S/C48H54ClF2N7O9S/c1-47(2,3)42(44(62)56-26-33(59)22-38(56)43(61)54-24-29-9-13-34(36(50)19-29)40-25-53-28-67-40)55-41(60)27-65-17-8-16-64-15-6-7-18-66-39-14-12-32(21-37(39)51)58-46(68)57(45(63)48(58,4)5)31-11-10-30(23-52)35(49)20-31/h9-14,19-21,25,28,33,38,42,59H,6-8,15-18,22,24,26-27H2,1-5H3,(H,54,61)(H,55,60)/t33-,38+,42-/m1/s1. The number of β-amino-alcohol motifs (C(OH)–C–C–N with tert-alkyl or cyclic N) is 1. The zero-order valence-electron chi connectivity index (χ0n) is 38.4. The number of oxazole rings is 1. The monoisotopic (exact) mass is 977 g/mol. The molecule has 16 nitrogen and oxygen atoms in total. The summed E-state index contributed by atoms with van der Waals surface area (Å²) in [5.74, 6) is -2.81. The molecule has 0 unspecified atom stereocenters. The second-order valence-corrected chi connectivity index (χ2v) is 18.7. The predicted octanol–water partition coefficient (Wildman–Crippen LogP) is 6.45. The molecule has 3 heterocycles. The van der Waals surface area contributed by atoms with Crippen molar-refractivity contribution in [2.75, 3.05) is 49.4 Å². The van der Waals surface area contributed by atoms with E-state index in [0.717, 1.165) is 0 Å². The molecule has 3 atom stereocenters. The number of ether oxygens (including phenoxy) is 3. The van der Waals surface area contributed by atoms with Crippen LogP contribution in [0.25, 0.3) is 11.3 Å². The SMILES string of the molecule is CC(C)(C)[C@H](NC(=O)COCCCOCCCCOc1ccc(N2C(=S)N(c3ccc(C#N)c(Cl)c3)C(=O)C2(C)C)cc1F)C(=O)N1C[C@H](O)C[C@H]1C(=O)NCc1ccc(-c2cnco2)c(F)c1. The predicted molar refractivity (Wildman–Crippen MR) is 251 cm³/mol. The van der Waals surface area contributed by atoms with E-state index in [4.69, 9.17) is 42.4 Å². The average Bonchev–Trinajstić information content (AvgIpc) is 4.01. The first-order chi connectivity index (χ1) is 32.3. The molecule has 2 saturated heterocycles. The number of nitriles is 1. The van der Waals surface area contributed by atoms with E-state index >= 15 is 4.39 Å². The molecule has 2 aliphatic rings. The van der Waals surface area contributed by atoms with Crippen LogP contribution >= 0.6 is 23.8 Å². The number of halogens is 3. The van der Waals surface area contributed by atoms with Gasteiger partial charge in [0, 0.05) is 51.1 Å². The summed E-state index contributed by atoms with van der Waals surface area (Å²) in [6.45, 7) is 9.45. The molecule has 0 radical (unpaired) electrons. The molecule has 0 bridgehead atoms. The number of rotatable bonds is 20. The van der Waals surface area contributed by atoms with Crippen LogP contribution in [0.1, 0.15) is 71.4 Å². The Kier molecular flexibility index (Phi) is 16.9. The minimum atomic E-state index is -1.15. The van der Waals surface area contributed by atoms with E-state index in [-0.39, 0.29) is 78.0 Å². The van der Waals surface area contributed by atoms with Crippen molar-refractivity contribution in [1.29, 1.82) is 5.26 Å². The molecule has 3 aromatic carbocycles. The lowest BCUT2D eigenvalue weighted by molar-refractivity contribution is -0.144. The van der Waals surface area contributed by atoms with Crippen molar-refractivity contribution in [3.05, 3.63) is 95.0 Å². The molecule has 2 fully saturated rings. The number of thiocarbonyl (C=S) groups is 1. The summed E-state index contributed by atoms with van der Waals surface area (Å²) in [7, 11) is 0. The van der Waals surface area contributed by atoms with Gasteiger partial charge in [-0.1, -0.05) is 38.4 Å². The normalized spacial score (nSPS) is 17.3. The maximum atomic E-state index is 15.3. The molecule has 4 amide bonds. The number of amides is 4. The van der Waals surface area contributed by atoms with E-state index < -0.39 is 58.5 Å². The smallest absolute Gasteiger partial charge is 0.259 e. The van der Waals surface area contributed by atoms with Gasteiger partial charge < -0.3 is 44.2 Å². The van der Waals surface area contributed by atoms with Gasteiger partial charge in [0.1, 0.15) is 36.1 Å². The molecular formula is C48H54ClF2N7O9S. The van der Waals surface area contributed by atoms with E-state index in [1.807, 2.05) is 6.07 Å². The van der Waals surface area contributed by atoms with E-state index in [2.05, 4.69) is 15.6 Å². The average molecular weight is 979 g/mol. The molecule has 0 aliphatic carbocycles. The molecule has 3 N–H and O–H groups in total. The summed E-state index contributed by atoms with van der Waals surface area (Å²) in [4.78, 5) is 61.7. The highest BCUT2D eigenvalue weighted by Gasteiger charge is 2.50. The highest BCUT2D eigenvalue weighted by atomic mass is 35.5. The first-order valence-electron chi connectivity index (χ1n) is 22.0. The lowest BCUT2D eigenvalue weighted by atomic mass is 9.85. The summed E-state index contributed by atoms with van der Waals surface area (Å²) in [6.07, 6.45) is 3.33. The van der Waals surface area contributed by atoms with Gasteiger partial charge in [0.15, 0.2) is 28.8 Å². The maximum Gasteiger partial charge on any atom is 0.259 e. The van der Waals surface area contributed by atoms with Gasteiger partial charge in [-0.25, -0.2) is 13.8 Å². The molecule has 362 valence electrons. The minimum absolute atomic E-state index is 0.00431. The maximum absolute atomic E-state index is 15.3. The zero-order valence-corrected chi connectivity index (χ0v) is 39.9. The highest BCUT2D eigenvalue weighted by Crippen LogP contribution is 2.39. The number of likely N-dealkylation sites (tertiary alicyclic amines) is 1. The van der Waals surface area contributed by atoms with Crippen molar-refractivity contribution in [2.45, 2.75) is 90.6 Å². The Labute approximate surface area is 403 Å². The minimum Gasteiger partial charge on any atom is -0.491 e. The number of aromatic nitrogens is 1. The fraction of sp³-hybridized carbons (Fsp3) is 0.438. The Balaban J connectivity index is 0.872. The van der Waals surface area contributed by atoms with Gasteiger partial charge in [-0.05, 0) is 98.8 Å². The van der Waals surface area contributed by atoms with Crippen molar-refractivity contribution < 1.29 is 51.7 Å². The summed E-state index contributed by atoms with van der Waals surface area (Å²) in [6, 6.07) is 13.3. The Morgan fingerprint density at radius 3 is 2.41 bits per heavy atom. The van der Waals surface area contributed by atoms with E-state index in [1.165, 1.54) is 58.8 Å². The number of carbonyl (C=O) groups is 4. The Morgan fingerprint density at radius 2 is 1.74 bits per heavy atom. The third kappa shape index (κ3) is 12.2. The Hall–Kier alpha value is -6.04. The van der Waals surface area contributed by atoms with Crippen LogP contribution in [-0.4, -0.2) is 107 Å². The van der Waals surface area contributed by atoms with Crippen molar-refractivity contribution in [2.24, 2.45) is 5.41 Å². The van der Waals surface area contributed by atoms with Crippen LogP contribution in [0.15, 0.2) is 71.6 Å². The first kappa shape index (κ1) is 51.4. The van der Waals surface area contributed by atoms with Crippen LogP contribution < -0.4 is 25.2 Å². The topological polar surface area (TPSA) is 200 Å². The summed E-state index contributed by atoms with van der Waals surface area (Å²) < 4.78 is 52.1. The van der Waals surface area contributed by atoms with Gasteiger partial charge in [-0.3, -0.25) is 24.1 Å². The van der Waals surface area contributed by atoms with E-state index in [0.29, 0.717) is 49.4 Å². The van der Waals surface area contributed by atoms with E-state index in [1.54, 1.807) is 57.7 Å². The first-order valence-corrected chi connectivity index (χ1v) is 22.8. The molecule has 68 heavy (non-hydrogen) atoms. The molecular weight excluding hydrogens is 924 g/mol. The second kappa shape index (κ2) is 22.4. The number of anilines is 2. The third-order valence-corrected chi connectivity index (χ3v) is 12.1. The third-order valence-electron chi connectivity index (χ3n) is 11.4. The number of hydrogen-bond donors (Lipinski definition) is 3. The molecule has 2 aliphatic heterocycles. The summed E-state index contributed by atoms with van der Waals surface area (Å²) in [5.41, 5.74) is -0.215. The molecule has 4 aromatic rings. The molecule has 20 heteroatoms. The van der Waals surface area contributed by atoms with Gasteiger partial charge in [-0.15, -0.1) is 0 Å². The number of nitrogens with one attached hydrogen (secondary N) is 2. The van der Waals surface area contributed by atoms with Crippen molar-refractivity contribution in [3.63, 3.8) is 0 Å². The summed E-state index contributed by atoms with van der Waals surface area (Å²) in [5, 5.41) is 25.5. The fourth-order valence-electron chi connectivity index (χ4n) is 7.80. The number of unbranched alkanes of at least 4 members (excludes halogenated alkanes) is 1. The van der Waals surface area contributed by atoms with Gasteiger partial charge >= 0.3 is 0 Å². The van der Waals surface area contributed by atoms with Crippen LogP contribution in [0.2, 0.25) is 5.02 Å². The Morgan fingerprint density at radius 1 is 1.01 bits per heavy atom. The van der Waals surface area contributed by atoms with Crippen molar-refractivity contribution in [1.82, 2.24) is 20.5 Å².